The van der Waals surface area contributed by atoms with Gasteiger partial charge in [-0.05, 0) is 60.4 Å². The third-order valence-electron chi connectivity index (χ3n) is 9.69. The first-order valence-electron chi connectivity index (χ1n) is 19.1. The van der Waals surface area contributed by atoms with Crippen LogP contribution in [-0.2, 0) is 20.2 Å². The maximum atomic E-state index is 13.4. The van der Waals surface area contributed by atoms with Gasteiger partial charge in [0.25, 0.3) is 5.91 Å². The number of carbonyl (C=O) groups excluding carboxylic acids is 2. The highest BCUT2D eigenvalue weighted by Crippen LogP contribution is 2.46. The van der Waals surface area contributed by atoms with Crippen LogP contribution < -0.4 is 40.2 Å². The molecule has 16 heteroatoms. The minimum absolute atomic E-state index is 0.0704. The Labute approximate surface area is 344 Å². The van der Waals surface area contributed by atoms with Gasteiger partial charge in [0.2, 0.25) is 10.0 Å². The van der Waals surface area contributed by atoms with Crippen molar-refractivity contribution in [2.45, 2.75) is 39.2 Å². The summed E-state index contributed by atoms with van der Waals surface area (Å²) in [6.45, 7) is 11.7. The number of rotatable bonds is 14. The van der Waals surface area contributed by atoms with Crippen LogP contribution in [0.15, 0.2) is 85.1 Å². The molecule has 6 rings (SSSR count). The zero-order valence-corrected chi connectivity index (χ0v) is 35.1. The number of nitrogens with one attached hydrogen (secondary N) is 3. The molecule has 312 valence electrons. The Bertz CT molecular complexity index is 2450. The monoisotopic (exact) mass is 825 g/mol. The number of pyridine rings is 1. The zero-order chi connectivity index (χ0) is 42.5. The Balaban J connectivity index is 1.26. The number of nitrogens with two attached hydrogens (primary N) is 1. The molecule has 59 heavy (non-hydrogen) atoms. The topological polar surface area (TPSA) is 187 Å². The van der Waals surface area contributed by atoms with E-state index in [2.05, 4.69) is 25.2 Å². The van der Waals surface area contributed by atoms with E-state index in [4.69, 9.17) is 24.7 Å². The van der Waals surface area contributed by atoms with E-state index < -0.39 is 21.5 Å². The molecule has 5 aromatic rings. The quantitative estimate of drug-likeness (QED) is 0.0893. The second-order valence-corrected chi connectivity index (χ2v) is 17.1. The molecule has 1 aromatic heterocycles. The lowest BCUT2D eigenvalue weighted by Crippen LogP contribution is -2.46. The van der Waals surface area contributed by atoms with Crippen LogP contribution in [0.1, 0.15) is 43.6 Å². The van der Waals surface area contributed by atoms with Crippen molar-refractivity contribution in [2.75, 3.05) is 68.3 Å². The lowest BCUT2D eigenvalue weighted by atomic mass is 9.86. The van der Waals surface area contributed by atoms with E-state index in [-0.39, 0.29) is 29.1 Å². The molecule has 0 saturated carbocycles. The highest BCUT2D eigenvalue weighted by molar-refractivity contribution is 7.92. The zero-order valence-electron chi connectivity index (χ0n) is 34.3. The van der Waals surface area contributed by atoms with Crippen molar-refractivity contribution < 1.29 is 37.0 Å². The first-order chi connectivity index (χ1) is 28.0. The van der Waals surface area contributed by atoms with Crippen LogP contribution in [0.5, 0.6) is 23.0 Å². The van der Waals surface area contributed by atoms with Crippen molar-refractivity contribution in [1.29, 1.82) is 0 Å². The Morgan fingerprint density at radius 2 is 1.66 bits per heavy atom. The summed E-state index contributed by atoms with van der Waals surface area (Å²) in [5.74, 6) is 1.73. The van der Waals surface area contributed by atoms with Gasteiger partial charge < -0.3 is 35.3 Å². The second-order valence-electron chi connectivity index (χ2n) is 15.3. The molecule has 1 aliphatic heterocycles. The second kappa shape index (κ2) is 17.8. The standard InChI is InChI=1S/C43H51N7O8S/c1-27(26-49-18-20-57-21-19-49)46-41(51)33-13-12-29(24-38(33)55-5)47-39-25-30(16-17-45-39)58-37-15-14-35(31-10-8-9-11-32(31)37)50(42(44)52)36-23-28(43(2,3)4)22-34(40(36)56-6)48-59(7,53)54/h8-17,22-25,27,48H,18-21,26H2,1-7H3,(H2,44,52)(H,45,47)(H,46,51)/t27-/m0/s1. The minimum Gasteiger partial charge on any atom is -0.496 e. The van der Waals surface area contributed by atoms with Gasteiger partial charge in [0.05, 0.1) is 56.3 Å². The number of nitrogens with zero attached hydrogens (tertiary/aromatic N) is 3. The first kappa shape index (κ1) is 42.5. The number of morpholine rings is 1. The summed E-state index contributed by atoms with van der Waals surface area (Å²) in [5, 5.41) is 7.64. The van der Waals surface area contributed by atoms with Gasteiger partial charge in [-0.15, -0.1) is 0 Å². The number of carbonyl (C=O) groups is 2. The summed E-state index contributed by atoms with van der Waals surface area (Å²) in [5.41, 5.74) is 8.30. The number of anilines is 5. The van der Waals surface area contributed by atoms with E-state index >= 15 is 0 Å². The number of fused-ring (bicyclic) bond motifs is 1. The molecular weight excluding hydrogens is 775 g/mol. The summed E-state index contributed by atoms with van der Waals surface area (Å²) in [6.07, 6.45) is 2.65. The van der Waals surface area contributed by atoms with E-state index in [1.165, 1.54) is 19.1 Å². The van der Waals surface area contributed by atoms with Gasteiger partial charge in [-0.2, -0.15) is 0 Å². The van der Waals surface area contributed by atoms with Crippen LogP contribution in [0.3, 0.4) is 0 Å². The molecule has 0 unspecified atom stereocenters. The van der Waals surface area contributed by atoms with Gasteiger partial charge >= 0.3 is 6.03 Å². The molecule has 1 fully saturated rings. The third kappa shape index (κ3) is 10.3. The van der Waals surface area contributed by atoms with Gasteiger partial charge in [-0.3, -0.25) is 19.3 Å². The Kier molecular flexibility index (Phi) is 12.8. The summed E-state index contributed by atoms with van der Waals surface area (Å²) < 4.78 is 50.6. The van der Waals surface area contributed by atoms with Crippen molar-refractivity contribution in [3.8, 4) is 23.0 Å². The number of primary amides is 1. The molecule has 2 heterocycles. The maximum Gasteiger partial charge on any atom is 0.324 e. The first-order valence-corrected chi connectivity index (χ1v) is 21.0. The lowest BCUT2D eigenvalue weighted by Gasteiger charge is -2.29. The van der Waals surface area contributed by atoms with E-state index in [0.29, 0.717) is 64.0 Å². The minimum atomic E-state index is -3.72. The average molecular weight is 826 g/mol. The van der Waals surface area contributed by atoms with Crippen LogP contribution in [0.25, 0.3) is 10.8 Å². The number of methoxy groups -OCH3 is 2. The highest BCUT2D eigenvalue weighted by atomic mass is 32.2. The molecule has 0 radical (unpaired) electrons. The molecule has 3 amide bonds. The van der Waals surface area contributed by atoms with Crippen LogP contribution in [-0.4, -0.2) is 89.6 Å². The number of hydrogen-bond donors (Lipinski definition) is 4. The molecule has 0 bridgehead atoms. The number of ether oxygens (including phenoxy) is 4. The maximum absolute atomic E-state index is 13.4. The van der Waals surface area contributed by atoms with Crippen LogP contribution >= 0.6 is 0 Å². The van der Waals surface area contributed by atoms with Crippen molar-refractivity contribution in [1.82, 2.24) is 15.2 Å². The largest absolute Gasteiger partial charge is 0.496 e. The number of hydrogen-bond acceptors (Lipinski definition) is 11. The van der Waals surface area contributed by atoms with Crippen molar-refractivity contribution >= 4 is 61.3 Å². The SMILES string of the molecule is COc1cc(Nc2cc(Oc3ccc(N(C(N)=O)c4cc(C(C)(C)C)cc(NS(C)(=O)=O)c4OC)c4ccccc34)ccn2)ccc1C(=O)N[C@@H](C)CN1CCOCC1. The molecular formula is C43H51N7O8S. The fourth-order valence-electron chi connectivity index (χ4n) is 6.90. The van der Waals surface area contributed by atoms with Crippen LogP contribution in [0.4, 0.5) is 33.4 Å². The number of sulfonamides is 1. The average Bonchev–Trinajstić information content (AvgIpc) is 3.18. The summed E-state index contributed by atoms with van der Waals surface area (Å²) in [7, 11) is -0.804. The highest BCUT2D eigenvalue weighted by Gasteiger charge is 2.28. The van der Waals surface area contributed by atoms with Gasteiger partial charge in [-0.1, -0.05) is 45.0 Å². The van der Waals surface area contributed by atoms with Crippen LogP contribution in [0, 0.1) is 0 Å². The number of benzene rings is 4. The van der Waals surface area contributed by atoms with Gasteiger partial charge in [0.1, 0.15) is 23.1 Å². The molecule has 15 nitrogen and oxygen atoms in total. The molecule has 1 saturated heterocycles. The number of aromatic nitrogens is 1. The number of amides is 3. The van der Waals surface area contributed by atoms with Crippen molar-refractivity contribution in [2.24, 2.45) is 5.73 Å². The van der Waals surface area contributed by atoms with E-state index in [1.807, 2.05) is 52.0 Å². The molecule has 4 aromatic carbocycles. The Morgan fingerprint density at radius 3 is 2.32 bits per heavy atom. The van der Waals surface area contributed by atoms with Gasteiger partial charge in [0, 0.05) is 60.5 Å². The predicted octanol–water partition coefficient (Wildman–Crippen LogP) is 7.12. The molecule has 0 aliphatic carbocycles. The third-order valence-corrected chi connectivity index (χ3v) is 10.3. The van der Waals surface area contributed by atoms with Crippen molar-refractivity contribution in [3.05, 3.63) is 96.2 Å². The summed E-state index contributed by atoms with van der Waals surface area (Å²) >= 11 is 0. The molecule has 1 aliphatic rings. The van der Waals surface area contributed by atoms with E-state index in [1.54, 1.807) is 60.8 Å². The molecule has 5 N–H and O–H groups in total. The predicted molar refractivity (Wildman–Crippen MR) is 231 cm³/mol. The smallest absolute Gasteiger partial charge is 0.324 e. The lowest BCUT2D eigenvalue weighted by molar-refractivity contribution is 0.0342. The Morgan fingerprint density at radius 1 is 0.932 bits per heavy atom. The Hall–Kier alpha value is -6.10. The molecule has 0 spiro atoms. The van der Waals surface area contributed by atoms with Gasteiger partial charge in [-0.25, -0.2) is 18.2 Å². The molecule has 1 atom stereocenters. The summed E-state index contributed by atoms with van der Waals surface area (Å²) in [4.78, 5) is 34.7. The van der Waals surface area contributed by atoms with E-state index in [9.17, 15) is 18.0 Å². The fourth-order valence-corrected chi connectivity index (χ4v) is 7.45. The van der Waals surface area contributed by atoms with E-state index in [0.717, 1.165) is 31.5 Å². The number of urea groups is 1. The normalized spacial score (nSPS) is 13.9. The fraction of sp³-hybridized carbons (Fsp3) is 0.326. The van der Waals surface area contributed by atoms with Crippen molar-refractivity contribution in [3.63, 3.8) is 0 Å². The van der Waals surface area contributed by atoms with Gasteiger partial charge in [0.15, 0.2) is 5.75 Å². The summed E-state index contributed by atoms with van der Waals surface area (Å²) in [6, 6.07) is 22.1. The van der Waals surface area contributed by atoms with Crippen LogP contribution in [0.2, 0.25) is 0 Å².